The van der Waals surface area contributed by atoms with Gasteiger partial charge in [0, 0.05) is 6.42 Å². The van der Waals surface area contributed by atoms with E-state index in [1.807, 2.05) is 5.32 Å². The second kappa shape index (κ2) is 6.74. The van der Waals surface area contributed by atoms with Gasteiger partial charge in [-0.25, -0.2) is 14.0 Å². The standard InChI is InChI=1S/C15H20FNO5/c1-14(2,3)22-13(20)17-15(21,12(18)19)8-7-10-5-4-6-11(16)9-10/h4-6,9,21H,7-8H2,1-3H3,(H,17,20)(H,18,19). The highest BCUT2D eigenvalue weighted by molar-refractivity contribution is 5.82. The Kier molecular flexibility index (Phi) is 5.48. The Morgan fingerprint density at radius 1 is 1.32 bits per heavy atom. The van der Waals surface area contributed by atoms with Crippen LogP contribution in [0.15, 0.2) is 24.3 Å². The van der Waals surface area contributed by atoms with Crippen molar-refractivity contribution in [3.05, 3.63) is 35.6 Å². The van der Waals surface area contributed by atoms with Crippen molar-refractivity contribution < 1.29 is 28.9 Å². The Bertz CT molecular complexity index is 555. The maximum Gasteiger partial charge on any atom is 0.410 e. The number of halogens is 1. The van der Waals surface area contributed by atoms with Crippen LogP contribution in [0.5, 0.6) is 0 Å². The number of nitrogens with one attached hydrogen (secondary N) is 1. The first-order valence-corrected chi connectivity index (χ1v) is 6.73. The average molecular weight is 313 g/mol. The van der Waals surface area contributed by atoms with E-state index < -0.39 is 29.2 Å². The zero-order valence-corrected chi connectivity index (χ0v) is 12.7. The molecule has 1 aromatic rings. The summed E-state index contributed by atoms with van der Waals surface area (Å²) in [6.07, 6.45) is -1.31. The Morgan fingerprint density at radius 3 is 2.45 bits per heavy atom. The van der Waals surface area contributed by atoms with E-state index in [0.717, 1.165) is 0 Å². The van der Waals surface area contributed by atoms with Crippen molar-refractivity contribution >= 4 is 12.1 Å². The summed E-state index contributed by atoms with van der Waals surface area (Å²) in [4.78, 5) is 22.8. The summed E-state index contributed by atoms with van der Waals surface area (Å²) in [6.45, 7) is 4.83. The van der Waals surface area contributed by atoms with Crippen LogP contribution in [0, 0.1) is 5.82 Å². The quantitative estimate of drug-likeness (QED) is 0.723. The molecule has 1 atom stereocenters. The molecule has 1 aromatic carbocycles. The molecule has 1 amide bonds. The molecule has 0 spiro atoms. The molecule has 0 radical (unpaired) electrons. The summed E-state index contributed by atoms with van der Waals surface area (Å²) in [6, 6.07) is 5.56. The Labute approximate surface area is 127 Å². The van der Waals surface area contributed by atoms with Crippen LogP contribution >= 0.6 is 0 Å². The van der Waals surface area contributed by atoms with Crippen molar-refractivity contribution in [3.8, 4) is 0 Å². The van der Waals surface area contributed by atoms with Gasteiger partial charge in [-0.1, -0.05) is 12.1 Å². The number of carbonyl (C=O) groups excluding carboxylic acids is 1. The molecule has 0 aliphatic carbocycles. The lowest BCUT2D eigenvalue weighted by molar-refractivity contribution is -0.162. The van der Waals surface area contributed by atoms with Gasteiger partial charge in [-0.05, 0) is 44.9 Å². The van der Waals surface area contributed by atoms with Gasteiger partial charge in [0.1, 0.15) is 11.4 Å². The maximum atomic E-state index is 13.1. The molecule has 1 unspecified atom stereocenters. The van der Waals surface area contributed by atoms with E-state index in [4.69, 9.17) is 9.84 Å². The lowest BCUT2D eigenvalue weighted by Crippen LogP contribution is -2.55. The predicted molar refractivity (Wildman–Crippen MR) is 76.7 cm³/mol. The summed E-state index contributed by atoms with van der Waals surface area (Å²) < 4.78 is 18.0. The van der Waals surface area contributed by atoms with Crippen molar-refractivity contribution in [2.24, 2.45) is 0 Å². The molecule has 7 heteroatoms. The first-order valence-electron chi connectivity index (χ1n) is 6.73. The van der Waals surface area contributed by atoms with Crippen molar-refractivity contribution in [3.63, 3.8) is 0 Å². The van der Waals surface area contributed by atoms with Crippen LogP contribution in [0.3, 0.4) is 0 Å². The average Bonchev–Trinajstić information content (AvgIpc) is 2.34. The summed E-state index contributed by atoms with van der Waals surface area (Å²) in [5.41, 5.74) is -2.81. The van der Waals surface area contributed by atoms with E-state index in [2.05, 4.69) is 0 Å². The second-order valence-electron chi connectivity index (χ2n) is 5.92. The maximum absolute atomic E-state index is 13.1. The zero-order chi connectivity index (χ0) is 17.0. The third kappa shape index (κ3) is 5.69. The van der Waals surface area contributed by atoms with Crippen LogP contribution in [-0.2, 0) is 16.0 Å². The number of hydrogen-bond donors (Lipinski definition) is 3. The van der Waals surface area contributed by atoms with Crippen LogP contribution in [-0.4, -0.2) is 33.6 Å². The fraction of sp³-hybridized carbons (Fsp3) is 0.467. The fourth-order valence-corrected chi connectivity index (χ4v) is 1.71. The van der Waals surface area contributed by atoms with Gasteiger partial charge in [0.15, 0.2) is 0 Å². The number of amides is 1. The van der Waals surface area contributed by atoms with Crippen LogP contribution in [0.2, 0.25) is 0 Å². The summed E-state index contributed by atoms with van der Waals surface area (Å²) in [5, 5.41) is 21.1. The van der Waals surface area contributed by atoms with Crippen LogP contribution < -0.4 is 5.32 Å². The van der Waals surface area contributed by atoms with Gasteiger partial charge in [-0.2, -0.15) is 0 Å². The summed E-state index contributed by atoms with van der Waals surface area (Å²) in [5.74, 6) is -2.08. The molecule has 0 bridgehead atoms. The van der Waals surface area contributed by atoms with Crippen LogP contribution in [0.1, 0.15) is 32.8 Å². The second-order valence-corrected chi connectivity index (χ2v) is 5.92. The molecule has 1 rings (SSSR count). The molecule has 0 aliphatic rings. The molecular formula is C15H20FNO5. The lowest BCUT2D eigenvalue weighted by Gasteiger charge is -2.27. The predicted octanol–water partition coefficient (Wildman–Crippen LogP) is 2.06. The molecule has 22 heavy (non-hydrogen) atoms. The van der Waals surface area contributed by atoms with E-state index in [-0.39, 0.29) is 12.8 Å². The van der Waals surface area contributed by atoms with Gasteiger partial charge >= 0.3 is 12.1 Å². The van der Waals surface area contributed by atoms with Gasteiger partial charge in [0.2, 0.25) is 5.72 Å². The number of aliphatic carboxylic acids is 1. The van der Waals surface area contributed by atoms with E-state index >= 15 is 0 Å². The van der Waals surface area contributed by atoms with E-state index in [9.17, 15) is 19.1 Å². The highest BCUT2D eigenvalue weighted by Crippen LogP contribution is 2.15. The number of alkyl carbamates (subject to hydrolysis) is 1. The molecule has 0 heterocycles. The van der Waals surface area contributed by atoms with Gasteiger partial charge in [0.05, 0.1) is 0 Å². The smallest absolute Gasteiger partial charge is 0.410 e. The van der Waals surface area contributed by atoms with Gasteiger partial charge < -0.3 is 14.9 Å². The minimum Gasteiger partial charge on any atom is -0.478 e. The van der Waals surface area contributed by atoms with Crippen molar-refractivity contribution in [2.45, 2.75) is 44.9 Å². The largest absolute Gasteiger partial charge is 0.478 e. The molecule has 0 saturated heterocycles. The van der Waals surface area contributed by atoms with Gasteiger partial charge in [0.25, 0.3) is 0 Å². The van der Waals surface area contributed by atoms with E-state index in [1.54, 1.807) is 26.8 Å². The molecule has 0 saturated carbocycles. The molecule has 6 nitrogen and oxygen atoms in total. The minimum absolute atomic E-state index is 0.0658. The Balaban J connectivity index is 2.75. The normalized spacial score (nSPS) is 14.0. The first kappa shape index (κ1) is 17.9. The number of carbonyl (C=O) groups is 2. The van der Waals surface area contributed by atoms with E-state index in [0.29, 0.717) is 5.56 Å². The molecule has 0 aliphatic heterocycles. The number of benzene rings is 1. The zero-order valence-electron chi connectivity index (χ0n) is 12.7. The molecule has 0 fully saturated rings. The first-order chi connectivity index (χ1) is 10.0. The molecular weight excluding hydrogens is 293 g/mol. The van der Waals surface area contributed by atoms with Crippen molar-refractivity contribution in [2.75, 3.05) is 0 Å². The Hall–Kier alpha value is -2.15. The van der Waals surface area contributed by atoms with Gasteiger partial charge in [-0.3, -0.25) is 5.32 Å². The summed E-state index contributed by atoms with van der Waals surface area (Å²) in [7, 11) is 0. The van der Waals surface area contributed by atoms with Gasteiger partial charge in [-0.15, -0.1) is 0 Å². The molecule has 3 N–H and O–H groups in total. The van der Waals surface area contributed by atoms with Crippen molar-refractivity contribution in [1.82, 2.24) is 5.32 Å². The monoisotopic (exact) mass is 313 g/mol. The Morgan fingerprint density at radius 2 is 1.95 bits per heavy atom. The third-order valence-electron chi connectivity index (χ3n) is 2.73. The topological polar surface area (TPSA) is 95.9 Å². The number of carboxylic acid groups (broad SMARTS) is 1. The number of aryl methyl sites for hydroxylation is 1. The number of rotatable bonds is 5. The number of ether oxygens (including phenoxy) is 1. The van der Waals surface area contributed by atoms with Crippen molar-refractivity contribution in [1.29, 1.82) is 0 Å². The number of hydrogen-bond acceptors (Lipinski definition) is 4. The molecule has 122 valence electrons. The highest BCUT2D eigenvalue weighted by atomic mass is 19.1. The van der Waals surface area contributed by atoms with E-state index in [1.165, 1.54) is 18.2 Å². The number of aliphatic hydroxyl groups is 1. The minimum atomic E-state index is -2.49. The van der Waals surface area contributed by atoms with Crippen LogP contribution in [0.4, 0.5) is 9.18 Å². The number of carboxylic acids is 1. The fourth-order valence-electron chi connectivity index (χ4n) is 1.71. The van der Waals surface area contributed by atoms with Crippen LogP contribution in [0.25, 0.3) is 0 Å². The highest BCUT2D eigenvalue weighted by Gasteiger charge is 2.38. The summed E-state index contributed by atoms with van der Waals surface area (Å²) >= 11 is 0. The SMILES string of the molecule is CC(C)(C)OC(=O)NC(O)(CCc1cccc(F)c1)C(=O)O. The molecule has 0 aromatic heterocycles. The third-order valence-corrected chi connectivity index (χ3v) is 2.73. The lowest BCUT2D eigenvalue weighted by atomic mass is 10.0.